The number of ether oxygens (including phenoxy) is 2. The first-order chi connectivity index (χ1) is 8.43. The van der Waals surface area contributed by atoms with Crippen LogP contribution in [0.1, 0.15) is 36.7 Å². The van der Waals surface area contributed by atoms with Gasteiger partial charge in [-0.15, -0.1) is 0 Å². The van der Waals surface area contributed by atoms with Crippen molar-refractivity contribution in [1.82, 2.24) is 0 Å². The van der Waals surface area contributed by atoms with E-state index in [9.17, 15) is 9.59 Å². The summed E-state index contributed by atoms with van der Waals surface area (Å²) in [4.78, 5) is 23.1. The normalized spacial score (nSPS) is 15.7. The van der Waals surface area contributed by atoms with Crippen molar-refractivity contribution in [1.29, 1.82) is 0 Å². The zero-order valence-corrected chi connectivity index (χ0v) is 10.8. The van der Waals surface area contributed by atoms with E-state index < -0.39 is 11.8 Å². The number of rotatable bonds is 3. The van der Waals surface area contributed by atoms with Crippen LogP contribution in [0.2, 0.25) is 0 Å². The first kappa shape index (κ1) is 12.6. The van der Waals surface area contributed by atoms with Crippen LogP contribution in [0, 0.1) is 0 Å². The molecule has 0 atom stereocenters. The number of hydrogen-bond donors (Lipinski definition) is 0. The summed E-state index contributed by atoms with van der Waals surface area (Å²) < 4.78 is 10.4. The molecule has 0 bridgehead atoms. The lowest BCUT2D eigenvalue weighted by atomic mass is 10.0. The van der Waals surface area contributed by atoms with Crippen LogP contribution in [0.15, 0.2) is 18.2 Å². The van der Waals surface area contributed by atoms with Gasteiger partial charge >= 0.3 is 5.97 Å². The van der Waals surface area contributed by atoms with Gasteiger partial charge < -0.3 is 9.47 Å². The Labute approximate surface area is 106 Å². The van der Waals surface area contributed by atoms with Gasteiger partial charge in [0.05, 0.1) is 6.61 Å². The number of esters is 1. The molecule has 0 N–H and O–H groups in total. The summed E-state index contributed by atoms with van der Waals surface area (Å²) in [5.74, 6) is -0.780. The van der Waals surface area contributed by atoms with E-state index >= 15 is 0 Å². The third-order valence-corrected chi connectivity index (χ3v) is 2.79. The third-order valence-electron chi connectivity index (χ3n) is 2.79. The van der Waals surface area contributed by atoms with Crippen LogP contribution in [-0.2, 0) is 16.0 Å². The predicted molar refractivity (Wildman–Crippen MR) is 65.8 cm³/mol. The van der Waals surface area contributed by atoms with Crippen LogP contribution in [0.5, 0.6) is 5.75 Å². The summed E-state index contributed by atoms with van der Waals surface area (Å²) in [6.45, 7) is 5.83. The zero-order chi connectivity index (χ0) is 13.3. The smallest absolute Gasteiger partial charge is 0.379 e. The Kier molecular flexibility index (Phi) is 3.11. The molecule has 2 rings (SSSR count). The maximum atomic E-state index is 11.8. The van der Waals surface area contributed by atoms with Crippen molar-refractivity contribution in [2.45, 2.75) is 32.8 Å². The fourth-order valence-electron chi connectivity index (χ4n) is 2.04. The highest BCUT2D eigenvalue weighted by Gasteiger charge is 2.31. The summed E-state index contributed by atoms with van der Waals surface area (Å²) in [6.07, 6.45) is 0.802. The maximum Gasteiger partial charge on any atom is 0.379 e. The summed E-state index contributed by atoms with van der Waals surface area (Å²) >= 11 is 0. The van der Waals surface area contributed by atoms with Crippen molar-refractivity contribution in [3.8, 4) is 5.75 Å². The third kappa shape index (κ3) is 2.37. The largest absolute Gasteiger partial charge is 0.487 e. The molecular formula is C14H16O4. The number of hydrogen-bond acceptors (Lipinski definition) is 4. The van der Waals surface area contributed by atoms with Crippen LogP contribution in [0.3, 0.4) is 0 Å². The molecule has 0 unspecified atom stereocenters. The van der Waals surface area contributed by atoms with E-state index in [-0.39, 0.29) is 12.2 Å². The van der Waals surface area contributed by atoms with E-state index in [0.29, 0.717) is 11.3 Å². The second-order valence-corrected chi connectivity index (χ2v) is 4.91. The molecular weight excluding hydrogens is 232 g/mol. The summed E-state index contributed by atoms with van der Waals surface area (Å²) in [5, 5.41) is 0. The Balaban J connectivity index is 2.24. The van der Waals surface area contributed by atoms with Crippen molar-refractivity contribution >= 4 is 11.8 Å². The molecule has 4 heteroatoms. The van der Waals surface area contributed by atoms with Gasteiger partial charge in [-0.2, -0.15) is 0 Å². The molecule has 1 aliphatic heterocycles. The standard InChI is InChI=1S/C14H16O4/c1-4-17-13(16)12(15)9-5-6-10-8-14(2,3)18-11(10)7-9/h5-7H,4,8H2,1-3H3. The zero-order valence-electron chi connectivity index (χ0n) is 10.8. The molecule has 0 radical (unpaired) electrons. The van der Waals surface area contributed by atoms with Gasteiger partial charge in [0.2, 0.25) is 0 Å². The topological polar surface area (TPSA) is 52.6 Å². The Bertz CT molecular complexity index is 503. The Morgan fingerprint density at radius 2 is 2.11 bits per heavy atom. The SMILES string of the molecule is CCOC(=O)C(=O)c1ccc2c(c1)OC(C)(C)C2. The second-order valence-electron chi connectivity index (χ2n) is 4.91. The second kappa shape index (κ2) is 4.44. The average Bonchev–Trinajstić information content (AvgIpc) is 2.60. The van der Waals surface area contributed by atoms with Gasteiger partial charge in [0.15, 0.2) is 0 Å². The van der Waals surface area contributed by atoms with Crippen molar-refractivity contribution in [3.63, 3.8) is 0 Å². The number of ketones is 1. The van der Waals surface area contributed by atoms with Gasteiger partial charge in [-0.3, -0.25) is 4.79 Å². The van der Waals surface area contributed by atoms with Gasteiger partial charge in [-0.05, 0) is 32.4 Å². The van der Waals surface area contributed by atoms with E-state index in [2.05, 4.69) is 4.74 Å². The fourth-order valence-corrected chi connectivity index (χ4v) is 2.04. The van der Waals surface area contributed by atoms with Crippen molar-refractivity contribution in [2.24, 2.45) is 0 Å². The van der Waals surface area contributed by atoms with Crippen molar-refractivity contribution in [2.75, 3.05) is 6.61 Å². The molecule has 1 aromatic carbocycles. The molecule has 18 heavy (non-hydrogen) atoms. The van der Waals surface area contributed by atoms with Crippen LogP contribution in [0.25, 0.3) is 0 Å². The van der Waals surface area contributed by atoms with Gasteiger partial charge in [-0.1, -0.05) is 12.1 Å². The predicted octanol–water partition coefficient (Wildman–Crippen LogP) is 2.15. The molecule has 1 aromatic rings. The van der Waals surface area contributed by atoms with Gasteiger partial charge in [0.1, 0.15) is 11.4 Å². The van der Waals surface area contributed by atoms with Crippen LogP contribution in [0.4, 0.5) is 0 Å². The van der Waals surface area contributed by atoms with E-state index in [1.54, 1.807) is 19.1 Å². The van der Waals surface area contributed by atoms with E-state index in [4.69, 9.17) is 4.74 Å². The van der Waals surface area contributed by atoms with Crippen LogP contribution >= 0.6 is 0 Å². The lowest BCUT2D eigenvalue weighted by Gasteiger charge is -2.16. The lowest BCUT2D eigenvalue weighted by Crippen LogP contribution is -2.24. The molecule has 0 fully saturated rings. The molecule has 0 saturated carbocycles. The molecule has 0 aliphatic carbocycles. The quantitative estimate of drug-likeness (QED) is 0.467. The van der Waals surface area contributed by atoms with Crippen molar-refractivity contribution < 1.29 is 19.1 Å². The summed E-state index contributed by atoms with van der Waals surface area (Å²) in [6, 6.07) is 5.09. The number of carbonyl (C=O) groups is 2. The molecule has 1 aliphatic rings. The minimum Gasteiger partial charge on any atom is -0.487 e. The highest BCUT2D eigenvalue weighted by molar-refractivity contribution is 6.40. The van der Waals surface area contributed by atoms with Crippen molar-refractivity contribution in [3.05, 3.63) is 29.3 Å². The van der Waals surface area contributed by atoms with E-state index in [0.717, 1.165) is 12.0 Å². The fraction of sp³-hybridized carbons (Fsp3) is 0.429. The highest BCUT2D eigenvalue weighted by Crippen LogP contribution is 2.35. The van der Waals surface area contributed by atoms with Crippen LogP contribution < -0.4 is 4.74 Å². The highest BCUT2D eigenvalue weighted by atomic mass is 16.5. The maximum absolute atomic E-state index is 11.8. The van der Waals surface area contributed by atoms with Gasteiger partial charge in [0, 0.05) is 12.0 Å². The minimum atomic E-state index is -0.824. The Morgan fingerprint density at radius 1 is 1.39 bits per heavy atom. The lowest BCUT2D eigenvalue weighted by molar-refractivity contribution is -0.137. The average molecular weight is 248 g/mol. The molecule has 0 amide bonds. The Morgan fingerprint density at radius 3 is 2.78 bits per heavy atom. The number of benzene rings is 1. The molecule has 0 aromatic heterocycles. The molecule has 0 spiro atoms. The summed E-state index contributed by atoms with van der Waals surface area (Å²) in [5.41, 5.74) is 1.11. The minimum absolute atomic E-state index is 0.193. The van der Waals surface area contributed by atoms with Gasteiger partial charge in [0.25, 0.3) is 5.78 Å². The van der Waals surface area contributed by atoms with Gasteiger partial charge in [-0.25, -0.2) is 4.79 Å². The number of Topliss-reactive ketones (excluding diaryl/α,β-unsaturated/α-hetero) is 1. The molecule has 96 valence electrons. The molecule has 0 saturated heterocycles. The van der Waals surface area contributed by atoms with Crippen LogP contribution in [-0.4, -0.2) is 24.0 Å². The Hall–Kier alpha value is -1.84. The number of carbonyl (C=O) groups excluding carboxylic acids is 2. The monoisotopic (exact) mass is 248 g/mol. The van der Waals surface area contributed by atoms with E-state index in [1.807, 2.05) is 19.9 Å². The first-order valence-corrected chi connectivity index (χ1v) is 5.96. The van der Waals surface area contributed by atoms with E-state index in [1.165, 1.54) is 0 Å². The number of fused-ring (bicyclic) bond motifs is 1. The first-order valence-electron chi connectivity index (χ1n) is 5.96. The molecule has 4 nitrogen and oxygen atoms in total. The molecule has 1 heterocycles. The summed E-state index contributed by atoms with van der Waals surface area (Å²) in [7, 11) is 0.